The molecule has 3 N–H and O–H groups in total. The molecule has 0 unspecified atom stereocenters. The zero-order valence-electron chi connectivity index (χ0n) is 10.9. The van der Waals surface area contributed by atoms with Gasteiger partial charge in [0, 0.05) is 11.4 Å². The van der Waals surface area contributed by atoms with Crippen molar-refractivity contribution in [2.24, 2.45) is 0 Å². The average molecular weight is 314 g/mol. The molecule has 0 amide bonds. The quantitative estimate of drug-likeness (QED) is 0.832. The molecule has 0 saturated carbocycles. The van der Waals surface area contributed by atoms with E-state index in [0.29, 0.717) is 13.0 Å². The van der Waals surface area contributed by atoms with Gasteiger partial charge >= 0.3 is 0 Å². The third-order valence-corrected chi connectivity index (χ3v) is 5.19. The van der Waals surface area contributed by atoms with E-state index in [2.05, 4.69) is 4.72 Å². The number of halogens is 1. The molecule has 0 fully saturated rings. The van der Waals surface area contributed by atoms with Crippen molar-refractivity contribution in [1.29, 1.82) is 0 Å². The summed E-state index contributed by atoms with van der Waals surface area (Å²) in [6, 6.07) is 6.27. The largest absolute Gasteiger partial charge is 0.396 e. The lowest BCUT2D eigenvalue weighted by atomic mass is 10.2. The van der Waals surface area contributed by atoms with Crippen LogP contribution >= 0.6 is 11.3 Å². The first-order valence-electron chi connectivity index (χ1n) is 5.98. The third-order valence-electron chi connectivity index (χ3n) is 2.81. The van der Waals surface area contributed by atoms with Crippen LogP contribution < -0.4 is 10.5 Å². The highest BCUT2D eigenvalue weighted by Crippen LogP contribution is 2.20. The predicted octanol–water partition coefficient (Wildman–Crippen LogP) is 2.30. The number of nitrogens with two attached hydrogens (primary N) is 1. The topological polar surface area (TPSA) is 72.2 Å². The smallest absolute Gasteiger partial charge is 0.240 e. The Bertz CT molecular complexity index is 674. The van der Waals surface area contributed by atoms with Gasteiger partial charge in [0.2, 0.25) is 10.0 Å². The normalized spacial score (nSPS) is 11.7. The summed E-state index contributed by atoms with van der Waals surface area (Å²) in [6.07, 6.45) is 0.618. The second kappa shape index (κ2) is 5.90. The highest BCUT2D eigenvalue weighted by atomic mass is 32.2. The summed E-state index contributed by atoms with van der Waals surface area (Å²) >= 11 is 1.57. The Hall–Kier alpha value is -1.44. The lowest BCUT2D eigenvalue weighted by Gasteiger charge is -2.09. The molecule has 0 bridgehead atoms. The molecule has 0 saturated heterocycles. The van der Waals surface area contributed by atoms with E-state index in [1.54, 1.807) is 11.3 Å². The first-order chi connectivity index (χ1) is 9.40. The van der Waals surface area contributed by atoms with Crippen LogP contribution in [0.2, 0.25) is 0 Å². The highest BCUT2D eigenvalue weighted by molar-refractivity contribution is 7.89. The molecule has 0 radical (unpaired) electrons. The number of nitrogen functional groups attached to an aromatic ring is 1. The van der Waals surface area contributed by atoms with E-state index >= 15 is 0 Å². The van der Waals surface area contributed by atoms with Crippen LogP contribution in [-0.4, -0.2) is 15.0 Å². The van der Waals surface area contributed by atoms with Gasteiger partial charge in [0.25, 0.3) is 0 Å². The molecule has 0 spiro atoms. The van der Waals surface area contributed by atoms with Crippen molar-refractivity contribution in [2.45, 2.75) is 18.2 Å². The predicted molar refractivity (Wildman–Crippen MR) is 78.8 cm³/mol. The highest BCUT2D eigenvalue weighted by Gasteiger charge is 2.16. The van der Waals surface area contributed by atoms with E-state index in [1.165, 1.54) is 13.0 Å². The van der Waals surface area contributed by atoms with Crippen molar-refractivity contribution in [2.75, 3.05) is 12.3 Å². The number of hydrogen-bond donors (Lipinski definition) is 2. The minimum atomic E-state index is -3.67. The molecule has 108 valence electrons. The van der Waals surface area contributed by atoms with E-state index in [9.17, 15) is 12.8 Å². The van der Waals surface area contributed by atoms with Gasteiger partial charge in [0.1, 0.15) is 5.82 Å². The van der Waals surface area contributed by atoms with Crippen LogP contribution in [0.1, 0.15) is 10.4 Å². The Labute approximate surface area is 121 Å². The number of sulfonamides is 1. The molecule has 4 nitrogen and oxygen atoms in total. The van der Waals surface area contributed by atoms with Gasteiger partial charge in [0.05, 0.1) is 10.6 Å². The number of rotatable bonds is 5. The summed E-state index contributed by atoms with van der Waals surface area (Å²) in [7, 11) is -3.67. The molecular weight excluding hydrogens is 299 g/mol. The lowest BCUT2D eigenvalue weighted by molar-refractivity contribution is 0.580. The van der Waals surface area contributed by atoms with E-state index in [-0.39, 0.29) is 16.1 Å². The van der Waals surface area contributed by atoms with Crippen molar-refractivity contribution in [3.8, 4) is 0 Å². The lowest BCUT2D eigenvalue weighted by Crippen LogP contribution is -2.26. The fraction of sp³-hybridized carbons (Fsp3) is 0.231. The molecule has 1 heterocycles. The number of hydrogen-bond acceptors (Lipinski definition) is 4. The summed E-state index contributed by atoms with van der Waals surface area (Å²) < 4.78 is 40.1. The fourth-order valence-electron chi connectivity index (χ4n) is 1.76. The molecule has 7 heteroatoms. The molecule has 0 aliphatic carbocycles. The Morgan fingerprint density at radius 3 is 2.75 bits per heavy atom. The Kier molecular flexibility index (Phi) is 4.42. The summed E-state index contributed by atoms with van der Waals surface area (Å²) in [5.41, 5.74) is 5.51. The fourth-order valence-corrected chi connectivity index (χ4v) is 3.63. The number of aryl methyl sites for hydroxylation is 1. The first kappa shape index (κ1) is 15.0. The molecule has 1 aromatic heterocycles. The second-order valence-electron chi connectivity index (χ2n) is 4.37. The van der Waals surface area contributed by atoms with Crippen LogP contribution in [0, 0.1) is 12.7 Å². The number of nitrogens with one attached hydrogen (secondary N) is 1. The summed E-state index contributed by atoms with van der Waals surface area (Å²) in [6.45, 7) is 1.77. The van der Waals surface area contributed by atoms with E-state index in [1.807, 2.05) is 17.5 Å². The van der Waals surface area contributed by atoms with Crippen molar-refractivity contribution >= 4 is 27.0 Å². The Morgan fingerprint density at radius 1 is 1.40 bits per heavy atom. The van der Waals surface area contributed by atoms with Gasteiger partial charge in [-0.3, -0.25) is 0 Å². The van der Waals surface area contributed by atoms with Gasteiger partial charge < -0.3 is 5.73 Å². The molecule has 0 aliphatic heterocycles. The number of thiophene rings is 1. The van der Waals surface area contributed by atoms with Crippen LogP contribution in [0.25, 0.3) is 0 Å². The summed E-state index contributed by atoms with van der Waals surface area (Å²) in [5.74, 6) is -0.581. The molecule has 1 aromatic carbocycles. The van der Waals surface area contributed by atoms with Gasteiger partial charge in [-0.15, -0.1) is 11.3 Å². The monoisotopic (exact) mass is 314 g/mol. The molecular formula is C13H15FN2O2S2. The first-order valence-corrected chi connectivity index (χ1v) is 8.34. The van der Waals surface area contributed by atoms with Gasteiger partial charge in [-0.05, 0) is 42.5 Å². The third kappa shape index (κ3) is 3.36. The van der Waals surface area contributed by atoms with Gasteiger partial charge in [-0.25, -0.2) is 17.5 Å². The molecule has 0 atom stereocenters. The van der Waals surface area contributed by atoms with Crippen molar-refractivity contribution in [3.63, 3.8) is 0 Å². The van der Waals surface area contributed by atoms with Crippen LogP contribution in [-0.2, 0) is 16.4 Å². The van der Waals surface area contributed by atoms with Crippen molar-refractivity contribution in [1.82, 2.24) is 4.72 Å². The molecule has 2 rings (SSSR count). The van der Waals surface area contributed by atoms with Gasteiger partial charge in [-0.2, -0.15) is 0 Å². The van der Waals surface area contributed by atoms with Gasteiger partial charge in [-0.1, -0.05) is 6.07 Å². The van der Waals surface area contributed by atoms with E-state index < -0.39 is 15.8 Å². The molecule has 2 aromatic rings. The standard InChI is InChI=1S/C13H15FN2O2S2/c1-9-7-11(8-12(15)13(9)14)20(17,18)16-5-4-10-3-2-6-19-10/h2-3,6-8,16H,4-5,15H2,1H3. The number of benzene rings is 1. The second-order valence-corrected chi connectivity index (χ2v) is 7.17. The summed E-state index contributed by atoms with van der Waals surface area (Å²) in [5, 5.41) is 1.94. The molecule has 20 heavy (non-hydrogen) atoms. The average Bonchev–Trinajstić information content (AvgIpc) is 2.88. The SMILES string of the molecule is Cc1cc(S(=O)(=O)NCCc2cccs2)cc(N)c1F. The maximum atomic E-state index is 13.4. The minimum absolute atomic E-state index is 0.0138. The minimum Gasteiger partial charge on any atom is -0.396 e. The van der Waals surface area contributed by atoms with E-state index in [4.69, 9.17) is 5.73 Å². The summed E-state index contributed by atoms with van der Waals surface area (Å²) in [4.78, 5) is 1.09. The Morgan fingerprint density at radius 2 is 2.15 bits per heavy atom. The van der Waals surface area contributed by atoms with Crippen molar-refractivity contribution < 1.29 is 12.8 Å². The van der Waals surface area contributed by atoms with Crippen molar-refractivity contribution in [3.05, 3.63) is 45.9 Å². The van der Waals surface area contributed by atoms with Crippen LogP contribution in [0.3, 0.4) is 0 Å². The van der Waals surface area contributed by atoms with Crippen LogP contribution in [0.4, 0.5) is 10.1 Å². The van der Waals surface area contributed by atoms with E-state index in [0.717, 1.165) is 10.9 Å². The zero-order chi connectivity index (χ0) is 14.8. The zero-order valence-corrected chi connectivity index (χ0v) is 12.5. The van der Waals surface area contributed by atoms with Crippen LogP contribution in [0.5, 0.6) is 0 Å². The number of anilines is 1. The molecule has 0 aliphatic rings. The van der Waals surface area contributed by atoms with Crippen LogP contribution in [0.15, 0.2) is 34.5 Å². The van der Waals surface area contributed by atoms with Gasteiger partial charge in [0.15, 0.2) is 0 Å². The maximum Gasteiger partial charge on any atom is 0.240 e. The maximum absolute atomic E-state index is 13.4. The Balaban J connectivity index is 2.10.